The third kappa shape index (κ3) is 4.67. The average molecular weight is 288 g/mol. The van der Waals surface area contributed by atoms with Crippen LogP contribution in [0.15, 0.2) is 18.2 Å². The van der Waals surface area contributed by atoms with Crippen LogP contribution in [0.3, 0.4) is 0 Å². The van der Waals surface area contributed by atoms with Crippen molar-refractivity contribution in [3.05, 3.63) is 34.9 Å². The molecule has 4 heteroatoms. The number of aryl methyl sites for hydroxylation is 2. The standard InChI is InChI=1S/C17H24N2O2/c1-18-10-3-11-19-17(21)9-8-16(20)15-7-6-13-4-2-5-14(13)12-15/h6-7,12,18H,2-5,8-11H2,1H3,(H,19,21). The quantitative estimate of drug-likeness (QED) is 0.567. The molecule has 0 radical (unpaired) electrons. The Kier molecular flexibility index (Phi) is 5.93. The molecule has 0 spiro atoms. The summed E-state index contributed by atoms with van der Waals surface area (Å²) in [6.07, 6.45) is 4.84. The SMILES string of the molecule is CNCCCNC(=O)CCC(=O)c1ccc2c(c1)CCC2. The molecule has 1 aromatic carbocycles. The maximum atomic E-state index is 12.1. The van der Waals surface area contributed by atoms with Gasteiger partial charge in [0.15, 0.2) is 5.78 Å². The molecule has 1 aromatic rings. The molecule has 1 aliphatic carbocycles. The summed E-state index contributed by atoms with van der Waals surface area (Å²) in [5.41, 5.74) is 3.42. The fraction of sp³-hybridized carbons (Fsp3) is 0.529. The number of carbonyl (C=O) groups is 2. The number of ketones is 1. The highest BCUT2D eigenvalue weighted by Gasteiger charge is 2.14. The molecule has 1 amide bonds. The molecule has 0 aliphatic heterocycles. The van der Waals surface area contributed by atoms with Crippen molar-refractivity contribution in [1.82, 2.24) is 10.6 Å². The van der Waals surface area contributed by atoms with Crippen LogP contribution in [0, 0.1) is 0 Å². The molecule has 114 valence electrons. The number of amides is 1. The molecular weight excluding hydrogens is 264 g/mol. The second kappa shape index (κ2) is 7.93. The highest BCUT2D eigenvalue weighted by molar-refractivity contribution is 5.98. The Morgan fingerprint density at radius 1 is 1.10 bits per heavy atom. The van der Waals surface area contributed by atoms with Crippen molar-refractivity contribution in [2.24, 2.45) is 0 Å². The molecule has 0 fully saturated rings. The normalized spacial score (nSPS) is 13.0. The molecular formula is C17H24N2O2. The van der Waals surface area contributed by atoms with E-state index in [4.69, 9.17) is 0 Å². The van der Waals surface area contributed by atoms with Crippen LogP contribution in [-0.2, 0) is 17.6 Å². The Morgan fingerprint density at radius 2 is 1.90 bits per heavy atom. The molecule has 2 N–H and O–H groups in total. The van der Waals surface area contributed by atoms with Gasteiger partial charge in [-0.05, 0) is 56.5 Å². The Hall–Kier alpha value is -1.68. The summed E-state index contributed by atoms with van der Waals surface area (Å²) in [7, 11) is 1.89. The number of hydrogen-bond acceptors (Lipinski definition) is 3. The predicted molar refractivity (Wildman–Crippen MR) is 83.6 cm³/mol. The van der Waals surface area contributed by atoms with Gasteiger partial charge in [0.1, 0.15) is 0 Å². The topological polar surface area (TPSA) is 58.2 Å². The monoisotopic (exact) mass is 288 g/mol. The van der Waals surface area contributed by atoms with Gasteiger partial charge in [-0.15, -0.1) is 0 Å². The lowest BCUT2D eigenvalue weighted by Gasteiger charge is -2.06. The number of fused-ring (bicyclic) bond motifs is 1. The van der Waals surface area contributed by atoms with E-state index in [0.29, 0.717) is 6.54 Å². The first-order valence-electron chi connectivity index (χ1n) is 7.77. The van der Waals surface area contributed by atoms with Crippen molar-refractivity contribution in [3.63, 3.8) is 0 Å². The lowest BCUT2D eigenvalue weighted by atomic mass is 10.0. The number of nitrogens with one attached hydrogen (secondary N) is 2. The van der Waals surface area contributed by atoms with Crippen LogP contribution in [0.2, 0.25) is 0 Å². The van der Waals surface area contributed by atoms with Gasteiger partial charge in [0.2, 0.25) is 5.91 Å². The summed E-state index contributed by atoms with van der Waals surface area (Å²) in [5.74, 6) is 0.0238. The smallest absolute Gasteiger partial charge is 0.220 e. The minimum Gasteiger partial charge on any atom is -0.356 e. The van der Waals surface area contributed by atoms with E-state index < -0.39 is 0 Å². The van der Waals surface area contributed by atoms with Crippen molar-refractivity contribution in [2.75, 3.05) is 20.1 Å². The average Bonchev–Trinajstić information content (AvgIpc) is 2.96. The molecule has 1 aliphatic rings. The first-order chi connectivity index (χ1) is 10.2. The fourth-order valence-electron chi connectivity index (χ4n) is 2.70. The van der Waals surface area contributed by atoms with E-state index >= 15 is 0 Å². The molecule has 0 saturated heterocycles. The Balaban J connectivity index is 1.75. The van der Waals surface area contributed by atoms with E-state index in [2.05, 4.69) is 16.7 Å². The second-order valence-corrected chi connectivity index (χ2v) is 5.57. The minimum absolute atomic E-state index is 0.0411. The van der Waals surface area contributed by atoms with Crippen LogP contribution in [-0.4, -0.2) is 31.8 Å². The zero-order valence-corrected chi connectivity index (χ0v) is 12.7. The first-order valence-corrected chi connectivity index (χ1v) is 7.77. The maximum Gasteiger partial charge on any atom is 0.220 e. The summed E-state index contributed by atoms with van der Waals surface area (Å²) < 4.78 is 0. The van der Waals surface area contributed by atoms with E-state index in [0.717, 1.165) is 31.4 Å². The third-order valence-corrected chi connectivity index (χ3v) is 3.93. The molecule has 0 bridgehead atoms. The predicted octanol–water partition coefficient (Wildman–Crippen LogP) is 1.86. The number of benzene rings is 1. The van der Waals surface area contributed by atoms with Crippen LogP contribution in [0.1, 0.15) is 47.2 Å². The summed E-state index contributed by atoms with van der Waals surface area (Å²) >= 11 is 0. The summed E-state index contributed by atoms with van der Waals surface area (Å²) in [6.45, 7) is 1.54. The highest BCUT2D eigenvalue weighted by Crippen LogP contribution is 2.23. The lowest BCUT2D eigenvalue weighted by molar-refractivity contribution is -0.121. The van der Waals surface area contributed by atoms with Crippen LogP contribution in [0.25, 0.3) is 0 Å². The summed E-state index contributed by atoms with van der Waals surface area (Å²) in [5, 5.41) is 5.86. The largest absolute Gasteiger partial charge is 0.356 e. The Morgan fingerprint density at radius 3 is 2.71 bits per heavy atom. The van der Waals surface area contributed by atoms with Gasteiger partial charge in [-0.2, -0.15) is 0 Å². The number of hydrogen-bond donors (Lipinski definition) is 2. The van der Waals surface area contributed by atoms with E-state index in [1.165, 1.54) is 17.5 Å². The van der Waals surface area contributed by atoms with Crippen LogP contribution in [0.4, 0.5) is 0 Å². The maximum absolute atomic E-state index is 12.1. The number of rotatable bonds is 8. The van der Waals surface area contributed by atoms with Crippen molar-refractivity contribution < 1.29 is 9.59 Å². The van der Waals surface area contributed by atoms with E-state index in [1.807, 2.05) is 19.2 Å². The van der Waals surface area contributed by atoms with Gasteiger partial charge in [-0.25, -0.2) is 0 Å². The third-order valence-electron chi connectivity index (χ3n) is 3.93. The highest BCUT2D eigenvalue weighted by atomic mass is 16.2. The molecule has 0 saturated carbocycles. The molecule has 2 rings (SSSR count). The molecule has 0 unspecified atom stereocenters. The zero-order chi connectivity index (χ0) is 15.1. The Bertz CT molecular complexity index is 512. The number of carbonyl (C=O) groups excluding carboxylic acids is 2. The van der Waals surface area contributed by atoms with Gasteiger partial charge in [0.25, 0.3) is 0 Å². The van der Waals surface area contributed by atoms with Gasteiger partial charge >= 0.3 is 0 Å². The molecule has 0 atom stereocenters. The van der Waals surface area contributed by atoms with Gasteiger partial charge in [-0.1, -0.05) is 12.1 Å². The molecule has 21 heavy (non-hydrogen) atoms. The molecule has 0 heterocycles. The van der Waals surface area contributed by atoms with Gasteiger partial charge < -0.3 is 10.6 Å². The fourth-order valence-corrected chi connectivity index (χ4v) is 2.70. The molecule has 0 aromatic heterocycles. The first kappa shape index (κ1) is 15.7. The van der Waals surface area contributed by atoms with Crippen LogP contribution < -0.4 is 10.6 Å². The van der Waals surface area contributed by atoms with Crippen molar-refractivity contribution in [1.29, 1.82) is 0 Å². The van der Waals surface area contributed by atoms with Crippen LogP contribution in [0.5, 0.6) is 0 Å². The van der Waals surface area contributed by atoms with E-state index in [1.54, 1.807) is 0 Å². The van der Waals surface area contributed by atoms with Gasteiger partial charge in [0.05, 0.1) is 0 Å². The van der Waals surface area contributed by atoms with Crippen molar-refractivity contribution in [3.8, 4) is 0 Å². The summed E-state index contributed by atoms with van der Waals surface area (Å²) in [6, 6.07) is 5.97. The zero-order valence-electron chi connectivity index (χ0n) is 12.7. The second-order valence-electron chi connectivity index (χ2n) is 5.57. The number of Topliss-reactive ketones (excluding diaryl/α,β-unsaturated/α-hetero) is 1. The van der Waals surface area contributed by atoms with Crippen molar-refractivity contribution in [2.45, 2.75) is 38.5 Å². The summed E-state index contributed by atoms with van der Waals surface area (Å²) in [4.78, 5) is 23.8. The lowest BCUT2D eigenvalue weighted by Crippen LogP contribution is -2.26. The van der Waals surface area contributed by atoms with Crippen LogP contribution >= 0.6 is 0 Å². The molecule has 4 nitrogen and oxygen atoms in total. The van der Waals surface area contributed by atoms with Gasteiger partial charge in [0, 0.05) is 24.9 Å². The van der Waals surface area contributed by atoms with Gasteiger partial charge in [-0.3, -0.25) is 9.59 Å². The van der Waals surface area contributed by atoms with E-state index in [9.17, 15) is 9.59 Å². The van der Waals surface area contributed by atoms with E-state index in [-0.39, 0.29) is 24.5 Å². The Labute approximate surface area is 126 Å². The minimum atomic E-state index is -0.0411. The van der Waals surface area contributed by atoms with Crippen molar-refractivity contribution >= 4 is 11.7 Å².